The maximum atomic E-state index is 12.6. The molecule has 2 aromatic rings. The van der Waals surface area contributed by atoms with Crippen molar-refractivity contribution in [1.29, 1.82) is 0 Å². The zero-order valence-electron chi connectivity index (χ0n) is 10.3. The summed E-state index contributed by atoms with van der Waals surface area (Å²) in [5.74, 6) is -1.28. The van der Waals surface area contributed by atoms with Gasteiger partial charge in [0.1, 0.15) is 0 Å². The van der Waals surface area contributed by atoms with Crippen molar-refractivity contribution >= 4 is 0 Å². The molecule has 0 amide bonds. The van der Waals surface area contributed by atoms with E-state index in [-0.39, 0.29) is 5.69 Å². The Labute approximate surface area is 107 Å². The molecule has 0 atom stereocenters. The van der Waals surface area contributed by atoms with E-state index < -0.39 is 17.6 Å². The summed E-state index contributed by atoms with van der Waals surface area (Å²) in [6.07, 6.45) is -4.67. The van der Waals surface area contributed by atoms with Crippen molar-refractivity contribution in [1.82, 2.24) is 9.97 Å². The predicted molar refractivity (Wildman–Crippen MR) is 64.8 cm³/mol. The fraction of sp³-hybridized carbons (Fsp3) is 0.231. The first kappa shape index (κ1) is 13.3. The molecular formula is C13H11F3N2O. The predicted octanol–water partition coefficient (Wildman–Crippen LogP) is 3.07. The van der Waals surface area contributed by atoms with Gasteiger partial charge in [-0.3, -0.25) is 4.79 Å². The first-order valence-electron chi connectivity index (χ1n) is 5.53. The van der Waals surface area contributed by atoms with Gasteiger partial charge >= 0.3 is 6.18 Å². The molecule has 0 aliphatic heterocycles. The summed E-state index contributed by atoms with van der Waals surface area (Å²) >= 11 is 0. The van der Waals surface area contributed by atoms with Crippen molar-refractivity contribution in [3.63, 3.8) is 0 Å². The van der Waals surface area contributed by atoms with Gasteiger partial charge in [-0.15, -0.1) is 0 Å². The normalized spacial score (nSPS) is 11.6. The largest absolute Gasteiger partial charge is 0.449 e. The van der Waals surface area contributed by atoms with Crippen LogP contribution in [0.15, 0.2) is 29.1 Å². The maximum absolute atomic E-state index is 12.6. The Balaban J connectivity index is 2.63. The van der Waals surface area contributed by atoms with Crippen molar-refractivity contribution < 1.29 is 13.2 Å². The van der Waals surface area contributed by atoms with Crippen molar-refractivity contribution in [2.45, 2.75) is 20.0 Å². The van der Waals surface area contributed by atoms with E-state index in [2.05, 4.69) is 4.98 Å². The number of rotatable bonds is 1. The number of aromatic nitrogens is 2. The van der Waals surface area contributed by atoms with Crippen LogP contribution in [0, 0.1) is 13.8 Å². The fourth-order valence-electron chi connectivity index (χ4n) is 1.83. The van der Waals surface area contributed by atoms with E-state index in [4.69, 9.17) is 0 Å². The Morgan fingerprint density at radius 3 is 2.42 bits per heavy atom. The number of alkyl halides is 3. The minimum Gasteiger partial charge on any atom is -0.303 e. The molecule has 0 aliphatic rings. The van der Waals surface area contributed by atoms with Gasteiger partial charge in [-0.2, -0.15) is 13.2 Å². The number of nitrogens with one attached hydrogen (secondary N) is 1. The molecule has 0 bridgehead atoms. The topological polar surface area (TPSA) is 45.8 Å². The highest BCUT2D eigenvalue weighted by Crippen LogP contribution is 2.28. The molecule has 0 spiro atoms. The standard InChI is InChI=1S/C13H11F3N2O/c1-7-3-4-9(8(2)5-7)10-6-11(19)18-12(17-10)13(14,15)16/h3-6H,1-2H3,(H,17,18,19). The van der Waals surface area contributed by atoms with Crippen LogP contribution in [0.25, 0.3) is 11.3 Å². The first-order valence-corrected chi connectivity index (χ1v) is 5.53. The smallest absolute Gasteiger partial charge is 0.303 e. The molecule has 0 unspecified atom stereocenters. The molecule has 0 aliphatic carbocycles. The SMILES string of the molecule is Cc1ccc(-c2cc(=O)[nH]c(C(F)(F)F)n2)c(C)c1. The van der Waals surface area contributed by atoms with Crippen molar-refractivity contribution in [2.75, 3.05) is 0 Å². The molecule has 0 saturated carbocycles. The number of halogens is 3. The Bertz CT molecular complexity index is 674. The van der Waals surface area contributed by atoms with E-state index in [0.717, 1.165) is 17.2 Å². The number of nitrogens with zero attached hydrogens (tertiary/aromatic N) is 1. The van der Waals surface area contributed by atoms with Gasteiger partial charge in [-0.05, 0) is 19.4 Å². The fourth-order valence-corrected chi connectivity index (χ4v) is 1.83. The molecular weight excluding hydrogens is 257 g/mol. The summed E-state index contributed by atoms with van der Waals surface area (Å²) in [7, 11) is 0. The number of aryl methyl sites for hydroxylation is 2. The molecule has 1 aromatic carbocycles. The highest BCUT2D eigenvalue weighted by atomic mass is 19.4. The lowest BCUT2D eigenvalue weighted by molar-refractivity contribution is -0.145. The summed E-state index contributed by atoms with van der Waals surface area (Å²) in [6.45, 7) is 3.64. The van der Waals surface area contributed by atoms with Crippen molar-refractivity contribution in [3.8, 4) is 11.3 Å². The van der Waals surface area contributed by atoms with Gasteiger partial charge in [0.2, 0.25) is 5.82 Å². The molecule has 1 N–H and O–H groups in total. The van der Waals surface area contributed by atoms with E-state index >= 15 is 0 Å². The molecule has 2 rings (SSSR count). The lowest BCUT2D eigenvalue weighted by atomic mass is 10.0. The molecule has 1 aromatic heterocycles. The van der Waals surface area contributed by atoms with Crippen LogP contribution in [-0.2, 0) is 6.18 Å². The monoisotopic (exact) mass is 268 g/mol. The molecule has 6 heteroatoms. The van der Waals surface area contributed by atoms with E-state index in [0.29, 0.717) is 5.56 Å². The van der Waals surface area contributed by atoms with Gasteiger partial charge < -0.3 is 4.98 Å². The van der Waals surface area contributed by atoms with Crippen LogP contribution in [0.5, 0.6) is 0 Å². The van der Waals surface area contributed by atoms with Gasteiger partial charge in [-0.1, -0.05) is 23.8 Å². The lowest BCUT2D eigenvalue weighted by Crippen LogP contribution is -2.19. The first-order chi connectivity index (χ1) is 8.77. The number of H-pyrrole nitrogens is 1. The minimum atomic E-state index is -4.67. The van der Waals surface area contributed by atoms with E-state index in [9.17, 15) is 18.0 Å². The second kappa shape index (κ2) is 4.53. The molecule has 19 heavy (non-hydrogen) atoms. The molecule has 100 valence electrons. The van der Waals surface area contributed by atoms with E-state index in [1.165, 1.54) is 0 Å². The quantitative estimate of drug-likeness (QED) is 0.863. The summed E-state index contributed by atoms with van der Waals surface area (Å²) < 4.78 is 37.8. The van der Waals surface area contributed by atoms with Gasteiger partial charge in [0, 0.05) is 11.6 Å². The van der Waals surface area contributed by atoms with Crippen LogP contribution in [0.4, 0.5) is 13.2 Å². The summed E-state index contributed by atoms with van der Waals surface area (Å²) in [5.41, 5.74) is 1.47. The Kier molecular flexibility index (Phi) is 3.18. The van der Waals surface area contributed by atoms with Crippen LogP contribution in [0.3, 0.4) is 0 Å². The second-order valence-corrected chi connectivity index (χ2v) is 4.30. The molecule has 3 nitrogen and oxygen atoms in total. The number of benzene rings is 1. The third-order valence-corrected chi connectivity index (χ3v) is 2.67. The minimum absolute atomic E-state index is 0.0218. The maximum Gasteiger partial charge on any atom is 0.449 e. The molecule has 0 radical (unpaired) electrons. The molecule has 0 fully saturated rings. The highest BCUT2D eigenvalue weighted by molar-refractivity contribution is 5.63. The summed E-state index contributed by atoms with van der Waals surface area (Å²) in [5, 5.41) is 0. The van der Waals surface area contributed by atoms with Crippen molar-refractivity contribution in [3.05, 3.63) is 51.6 Å². The average Bonchev–Trinajstić information content (AvgIpc) is 2.26. The lowest BCUT2D eigenvalue weighted by Gasteiger charge is -2.09. The number of aromatic amines is 1. The van der Waals surface area contributed by atoms with Crippen LogP contribution < -0.4 is 5.56 Å². The van der Waals surface area contributed by atoms with Gasteiger partial charge in [0.25, 0.3) is 5.56 Å². The van der Waals surface area contributed by atoms with Crippen LogP contribution in [0.1, 0.15) is 17.0 Å². The van der Waals surface area contributed by atoms with Crippen LogP contribution >= 0.6 is 0 Å². The Morgan fingerprint density at radius 1 is 1.16 bits per heavy atom. The molecule has 1 heterocycles. The Morgan fingerprint density at radius 2 is 1.84 bits per heavy atom. The van der Waals surface area contributed by atoms with Crippen molar-refractivity contribution in [2.24, 2.45) is 0 Å². The van der Waals surface area contributed by atoms with E-state index in [1.807, 2.05) is 13.0 Å². The van der Waals surface area contributed by atoms with E-state index in [1.54, 1.807) is 24.0 Å². The number of hydrogen-bond acceptors (Lipinski definition) is 2. The summed E-state index contributed by atoms with van der Waals surface area (Å²) in [6, 6.07) is 6.31. The zero-order valence-corrected chi connectivity index (χ0v) is 10.3. The van der Waals surface area contributed by atoms with Crippen LogP contribution in [0.2, 0.25) is 0 Å². The molecule has 0 saturated heterocycles. The Hall–Kier alpha value is -2.11. The van der Waals surface area contributed by atoms with Gasteiger partial charge in [0.15, 0.2) is 0 Å². The van der Waals surface area contributed by atoms with Gasteiger partial charge in [-0.25, -0.2) is 4.98 Å². The summed E-state index contributed by atoms with van der Waals surface area (Å²) in [4.78, 5) is 16.5. The third-order valence-electron chi connectivity index (χ3n) is 2.67. The average molecular weight is 268 g/mol. The van der Waals surface area contributed by atoms with Crippen LogP contribution in [-0.4, -0.2) is 9.97 Å². The highest BCUT2D eigenvalue weighted by Gasteiger charge is 2.34. The number of hydrogen-bond donors (Lipinski definition) is 1. The zero-order chi connectivity index (χ0) is 14.2. The van der Waals surface area contributed by atoms with Gasteiger partial charge in [0.05, 0.1) is 5.69 Å². The third kappa shape index (κ3) is 2.83. The second-order valence-electron chi connectivity index (χ2n) is 4.30.